The number of carbonyl (C=O) groups is 1. The van der Waals surface area contributed by atoms with Gasteiger partial charge in [-0.15, -0.1) is 0 Å². The Hall–Kier alpha value is -1.40. The summed E-state index contributed by atoms with van der Waals surface area (Å²) in [6, 6.07) is 2.67. The zero-order chi connectivity index (χ0) is 11.4. The number of carboxylic acid groups (broad SMARTS) is 1. The second-order valence-electron chi connectivity index (χ2n) is 2.63. The molecule has 0 spiro atoms. The third-order valence-electron chi connectivity index (χ3n) is 1.42. The van der Waals surface area contributed by atoms with Gasteiger partial charge in [-0.3, -0.25) is 0 Å². The van der Waals surface area contributed by atoms with Crippen molar-refractivity contribution in [3.8, 4) is 0 Å². The van der Waals surface area contributed by atoms with Crippen molar-refractivity contribution < 1.29 is 18.7 Å². The van der Waals surface area contributed by atoms with E-state index in [0.29, 0.717) is 6.07 Å². The van der Waals surface area contributed by atoms with Crippen LogP contribution in [0.4, 0.5) is 14.5 Å². The molecule has 0 saturated heterocycles. The highest BCUT2D eigenvalue weighted by Gasteiger charge is 2.12. The van der Waals surface area contributed by atoms with Gasteiger partial charge in [0.2, 0.25) is 0 Å². The van der Waals surface area contributed by atoms with Gasteiger partial charge in [0.1, 0.15) is 11.6 Å². The van der Waals surface area contributed by atoms with Gasteiger partial charge in [0.15, 0.2) is 5.50 Å². The van der Waals surface area contributed by atoms with Crippen LogP contribution in [0.3, 0.4) is 0 Å². The Morgan fingerprint density at radius 3 is 2.33 bits per heavy atom. The lowest BCUT2D eigenvalue weighted by atomic mass is 10.3. The predicted molar refractivity (Wildman–Crippen MR) is 50.4 cm³/mol. The predicted octanol–water partition coefficient (Wildman–Crippen LogP) is 1.53. The first-order chi connectivity index (χ1) is 6.99. The third-order valence-corrected chi connectivity index (χ3v) is 1.72. The molecule has 0 aliphatic heterocycles. The van der Waals surface area contributed by atoms with E-state index in [1.165, 1.54) is 0 Å². The van der Waals surface area contributed by atoms with Crippen molar-refractivity contribution >= 4 is 23.3 Å². The van der Waals surface area contributed by atoms with E-state index in [4.69, 9.17) is 16.7 Å². The average Bonchev–Trinajstić information content (AvgIpc) is 2.12. The number of halogens is 3. The summed E-state index contributed by atoms with van der Waals surface area (Å²) in [5.74, 6) is -2.86. The second-order valence-corrected chi connectivity index (χ2v) is 3.06. The normalized spacial score (nSPS) is 12.2. The lowest BCUT2D eigenvalue weighted by Crippen LogP contribution is -2.35. The van der Waals surface area contributed by atoms with Crippen LogP contribution in [0.15, 0.2) is 18.2 Å². The number of hydrogen-bond donors (Lipinski definition) is 3. The lowest BCUT2D eigenvalue weighted by molar-refractivity contribution is -0.137. The van der Waals surface area contributed by atoms with Crippen molar-refractivity contribution in [1.82, 2.24) is 5.43 Å². The molecule has 1 aromatic carbocycles. The first-order valence-electron chi connectivity index (χ1n) is 3.83. The number of alkyl halides is 1. The van der Waals surface area contributed by atoms with E-state index in [9.17, 15) is 13.6 Å². The zero-order valence-electron chi connectivity index (χ0n) is 7.30. The number of nitrogens with one attached hydrogen (secondary N) is 2. The Balaban J connectivity index is 2.61. The number of aliphatic carboxylic acids is 1. The standard InChI is InChI=1S/C8H7ClF2N2O2/c9-7(8(14)15)13-12-6-2-4(10)1-5(11)3-6/h1-3,7,12-13H,(H,14,15). The quantitative estimate of drug-likeness (QED) is 0.422. The van der Waals surface area contributed by atoms with Gasteiger partial charge in [-0.25, -0.2) is 19.0 Å². The molecule has 0 heterocycles. The molecule has 0 fully saturated rings. The minimum absolute atomic E-state index is 0.0411. The molecule has 0 aromatic heterocycles. The Morgan fingerprint density at radius 1 is 1.33 bits per heavy atom. The first-order valence-corrected chi connectivity index (χ1v) is 4.27. The minimum Gasteiger partial charge on any atom is -0.479 e. The van der Waals surface area contributed by atoms with Gasteiger partial charge in [0.25, 0.3) is 0 Å². The smallest absolute Gasteiger partial charge is 0.337 e. The minimum atomic E-state index is -1.39. The van der Waals surface area contributed by atoms with Crippen molar-refractivity contribution in [3.05, 3.63) is 29.8 Å². The van der Waals surface area contributed by atoms with Gasteiger partial charge in [-0.1, -0.05) is 11.6 Å². The molecule has 15 heavy (non-hydrogen) atoms. The van der Waals surface area contributed by atoms with Crippen LogP contribution in [0.5, 0.6) is 0 Å². The number of hydrazine groups is 1. The summed E-state index contributed by atoms with van der Waals surface area (Å²) >= 11 is 5.28. The van der Waals surface area contributed by atoms with Gasteiger partial charge in [0.05, 0.1) is 5.69 Å². The lowest BCUT2D eigenvalue weighted by Gasteiger charge is -2.10. The fraction of sp³-hybridized carbons (Fsp3) is 0.125. The van der Waals surface area contributed by atoms with Crippen LogP contribution in [0.25, 0.3) is 0 Å². The van der Waals surface area contributed by atoms with E-state index >= 15 is 0 Å². The molecule has 0 aliphatic rings. The molecule has 1 aromatic rings. The molecule has 0 saturated carbocycles. The van der Waals surface area contributed by atoms with Gasteiger partial charge in [-0.05, 0) is 12.1 Å². The highest BCUT2D eigenvalue weighted by Crippen LogP contribution is 2.11. The van der Waals surface area contributed by atoms with Crippen molar-refractivity contribution in [3.63, 3.8) is 0 Å². The van der Waals surface area contributed by atoms with Crippen LogP contribution in [-0.4, -0.2) is 16.6 Å². The summed E-state index contributed by atoms with van der Waals surface area (Å²) in [4.78, 5) is 10.3. The molecule has 1 atom stereocenters. The molecule has 0 radical (unpaired) electrons. The Kier molecular flexibility index (Phi) is 3.81. The molecule has 4 nitrogen and oxygen atoms in total. The van der Waals surface area contributed by atoms with Crippen LogP contribution in [-0.2, 0) is 4.79 Å². The van der Waals surface area contributed by atoms with Gasteiger partial charge < -0.3 is 10.5 Å². The van der Waals surface area contributed by atoms with Gasteiger partial charge >= 0.3 is 5.97 Å². The fourth-order valence-electron chi connectivity index (χ4n) is 0.834. The second kappa shape index (κ2) is 4.90. The van der Waals surface area contributed by atoms with E-state index in [-0.39, 0.29) is 5.69 Å². The number of rotatable bonds is 4. The van der Waals surface area contributed by atoms with Crippen LogP contribution in [0.1, 0.15) is 0 Å². The molecule has 1 rings (SSSR count). The summed E-state index contributed by atoms with van der Waals surface area (Å²) in [6.07, 6.45) is 0. The summed E-state index contributed by atoms with van der Waals surface area (Å²) in [5, 5.41) is 8.39. The number of hydrogen-bond acceptors (Lipinski definition) is 3. The highest BCUT2D eigenvalue weighted by atomic mass is 35.5. The maximum atomic E-state index is 12.7. The highest BCUT2D eigenvalue weighted by molar-refractivity contribution is 6.29. The zero-order valence-corrected chi connectivity index (χ0v) is 8.05. The molecule has 82 valence electrons. The van der Waals surface area contributed by atoms with Crippen LogP contribution in [0.2, 0.25) is 0 Å². The Morgan fingerprint density at radius 2 is 1.87 bits per heavy atom. The molecule has 0 amide bonds. The number of carboxylic acids is 1. The van der Waals surface area contributed by atoms with Crippen LogP contribution < -0.4 is 10.9 Å². The first kappa shape index (κ1) is 11.7. The van der Waals surface area contributed by atoms with Crippen molar-refractivity contribution in [1.29, 1.82) is 0 Å². The van der Waals surface area contributed by atoms with E-state index < -0.39 is 23.1 Å². The molecular formula is C8H7ClF2N2O2. The van der Waals surface area contributed by atoms with Gasteiger partial charge in [-0.2, -0.15) is 0 Å². The fourth-order valence-corrected chi connectivity index (χ4v) is 0.889. The van der Waals surface area contributed by atoms with E-state index in [1.54, 1.807) is 0 Å². The summed E-state index contributed by atoms with van der Waals surface area (Å²) in [5.41, 5.74) is 3.05. The molecule has 1 unspecified atom stereocenters. The van der Waals surface area contributed by atoms with Gasteiger partial charge in [0, 0.05) is 6.07 Å². The van der Waals surface area contributed by atoms with E-state index in [2.05, 4.69) is 10.9 Å². The maximum Gasteiger partial charge on any atom is 0.337 e. The SMILES string of the molecule is O=C(O)C(Cl)NNc1cc(F)cc(F)c1. The largest absolute Gasteiger partial charge is 0.479 e. The molecule has 0 bridgehead atoms. The average molecular weight is 237 g/mol. The summed E-state index contributed by atoms with van der Waals surface area (Å²) < 4.78 is 25.3. The molecule has 3 N–H and O–H groups in total. The molecule has 0 aliphatic carbocycles. The number of benzene rings is 1. The van der Waals surface area contributed by atoms with Crippen molar-refractivity contribution in [2.75, 3.05) is 5.43 Å². The Bertz CT molecular complexity index is 355. The maximum absolute atomic E-state index is 12.7. The van der Waals surface area contributed by atoms with Crippen molar-refractivity contribution in [2.24, 2.45) is 0 Å². The van der Waals surface area contributed by atoms with Crippen LogP contribution >= 0.6 is 11.6 Å². The number of anilines is 1. The summed E-state index contributed by atoms with van der Waals surface area (Å²) in [6.45, 7) is 0. The molecular weight excluding hydrogens is 230 g/mol. The van der Waals surface area contributed by atoms with E-state index in [0.717, 1.165) is 12.1 Å². The van der Waals surface area contributed by atoms with E-state index in [1.807, 2.05) is 0 Å². The monoisotopic (exact) mass is 236 g/mol. The topological polar surface area (TPSA) is 61.4 Å². The Labute approximate surface area is 88.8 Å². The molecule has 7 heteroatoms. The third kappa shape index (κ3) is 3.69. The van der Waals surface area contributed by atoms with Crippen molar-refractivity contribution in [2.45, 2.75) is 5.50 Å². The van der Waals surface area contributed by atoms with Crippen LogP contribution in [0, 0.1) is 11.6 Å². The summed E-state index contributed by atoms with van der Waals surface area (Å²) in [7, 11) is 0.